The Hall–Kier alpha value is -2.37. The normalized spacial score (nSPS) is 19.8. The number of piperidine rings is 1. The van der Waals surface area contributed by atoms with E-state index in [9.17, 15) is 14.4 Å². The summed E-state index contributed by atoms with van der Waals surface area (Å²) in [7, 11) is 1.59. The number of carbonyl (C=O) groups is 3. The van der Waals surface area contributed by atoms with Crippen LogP contribution in [0.1, 0.15) is 48.9 Å². The van der Waals surface area contributed by atoms with Gasteiger partial charge in [-0.05, 0) is 37.8 Å². The Labute approximate surface area is 154 Å². The molecule has 0 bridgehead atoms. The van der Waals surface area contributed by atoms with Gasteiger partial charge in [0.2, 0.25) is 11.8 Å². The molecule has 0 aromatic heterocycles. The van der Waals surface area contributed by atoms with Crippen molar-refractivity contribution in [2.24, 2.45) is 5.92 Å². The Bertz CT molecular complexity index is 660. The van der Waals surface area contributed by atoms with Gasteiger partial charge in [0.15, 0.2) is 0 Å². The van der Waals surface area contributed by atoms with Crippen LogP contribution in [0.3, 0.4) is 0 Å². The van der Waals surface area contributed by atoms with Crippen LogP contribution >= 0.6 is 0 Å². The SMILES string of the molecule is CNC(=O)C1(NC(=O)C2CCCC2)CCN(C(=O)c2ccccc2)CC1. The van der Waals surface area contributed by atoms with Gasteiger partial charge in [0, 0.05) is 31.6 Å². The minimum Gasteiger partial charge on any atom is -0.357 e. The third kappa shape index (κ3) is 3.74. The molecule has 2 fully saturated rings. The van der Waals surface area contributed by atoms with E-state index in [-0.39, 0.29) is 23.6 Å². The number of hydrogen-bond acceptors (Lipinski definition) is 3. The number of benzene rings is 1. The molecule has 6 heteroatoms. The zero-order chi connectivity index (χ0) is 18.6. The van der Waals surface area contributed by atoms with E-state index in [1.54, 1.807) is 24.1 Å². The van der Waals surface area contributed by atoms with Crippen LogP contribution in [0, 0.1) is 5.92 Å². The average molecular weight is 357 g/mol. The lowest BCUT2D eigenvalue weighted by atomic mass is 9.85. The summed E-state index contributed by atoms with van der Waals surface area (Å²) in [6, 6.07) is 9.15. The van der Waals surface area contributed by atoms with E-state index >= 15 is 0 Å². The molecule has 0 spiro atoms. The first kappa shape index (κ1) is 18.4. The highest BCUT2D eigenvalue weighted by Crippen LogP contribution is 2.28. The number of likely N-dealkylation sites (N-methyl/N-ethyl adjacent to an activating group) is 1. The molecule has 6 nitrogen and oxygen atoms in total. The highest BCUT2D eigenvalue weighted by Gasteiger charge is 2.44. The Kier molecular flexibility index (Phi) is 5.59. The van der Waals surface area contributed by atoms with Crippen molar-refractivity contribution in [3.63, 3.8) is 0 Å². The first-order valence-corrected chi connectivity index (χ1v) is 9.44. The van der Waals surface area contributed by atoms with Crippen LogP contribution in [-0.2, 0) is 9.59 Å². The second-order valence-corrected chi connectivity index (χ2v) is 7.29. The molecule has 0 unspecified atom stereocenters. The maximum atomic E-state index is 12.6. The van der Waals surface area contributed by atoms with Crippen LogP contribution in [0.25, 0.3) is 0 Å². The lowest BCUT2D eigenvalue weighted by Crippen LogP contribution is -2.64. The maximum absolute atomic E-state index is 12.6. The van der Waals surface area contributed by atoms with E-state index in [2.05, 4.69) is 10.6 Å². The van der Waals surface area contributed by atoms with Crippen molar-refractivity contribution in [2.75, 3.05) is 20.1 Å². The highest BCUT2D eigenvalue weighted by atomic mass is 16.2. The first-order chi connectivity index (χ1) is 12.6. The summed E-state index contributed by atoms with van der Waals surface area (Å²) in [6.45, 7) is 0.901. The van der Waals surface area contributed by atoms with Crippen LogP contribution in [-0.4, -0.2) is 48.3 Å². The molecule has 26 heavy (non-hydrogen) atoms. The molecular weight excluding hydrogens is 330 g/mol. The predicted molar refractivity (Wildman–Crippen MR) is 98.5 cm³/mol. The van der Waals surface area contributed by atoms with Crippen LogP contribution in [0.2, 0.25) is 0 Å². The fraction of sp³-hybridized carbons (Fsp3) is 0.550. The fourth-order valence-corrected chi connectivity index (χ4v) is 4.03. The van der Waals surface area contributed by atoms with Gasteiger partial charge in [-0.15, -0.1) is 0 Å². The minimum atomic E-state index is -0.915. The van der Waals surface area contributed by atoms with Gasteiger partial charge in [-0.3, -0.25) is 14.4 Å². The monoisotopic (exact) mass is 357 g/mol. The van der Waals surface area contributed by atoms with E-state index in [1.807, 2.05) is 18.2 Å². The molecule has 1 aliphatic heterocycles. The summed E-state index contributed by atoms with van der Waals surface area (Å²) in [5.74, 6) is -0.205. The maximum Gasteiger partial charge on any atom is 0.253 e. The standard InChI is InChI=1S/C20H27N3O3/c1-21-19(26)20(22-17(24)15-7-5-6-8-15)11-13-23(14-12-20)18(25)16-9-3-2-4-10-16/h2-4,9-10,15H,5-8,11-14H2,1H3,(H,21,26)(H,22,24). The first-order valence-electron chi connectivity index (χ1n) is 9.44. The van der Waals surface area contributed by atoms with Crippen molar-refractivity contribution in [3.05, 3.63) is 35.9 Å². The van der Waals surface area contributed by atoms with Gasteiger partial charge in [0.05, 0.1) is 0 Å². The van der Waals surface area contributed by atoms with Gasteiger partial charge in [0.25, 0.3) is 5.91 Å². The van der Waals surface area contributed by atoms with Crippen LogP contribution < -0.4 is 10.6 Å². The Morgan fingerprint density at radius 3 is 2.23 bits per heavy atom. The Morgan fingerprint density at radius 1 is 1.04 bits per heavy atom. The summed E-state index contributed by atoms with van der Waals surface area (Å²) >= 11 is 0. The molecule has 140 valence electrons. The van der Waals surface area contributed by atoms with E-state index in [0.29, 0.717) is 31.5 Å². The zero-order valence-corrected chi connectivity index (χ0v) is 15.3. The molecule has 1 heterocycles. The summed E-state index contributed by atoms with van der Waals surface area (Å²) in [6.07, 6.45) is 4.81. The lowest BCUT2D eigenvalue weighted by molar-refractivity contribution is -0.136. The molecule has 1 saturated heterocycles. The average Bonchev–Trinajstić information content (AvgIpc) is 3.23. The molecule has 1 aromatic rings. The molecule has 2 aliphatic rings. The fourth-order valence-electron chi connectivity index (χ4n) is 4.03. The number of nitrogens with zero attached hydrogens (tertiary/aromatic N) is 1. The van der Waals surface area contributed by atoms with Crippen molar-refractivity contribution in [1.82, 2.24) is 15.5 Å². The minimum absolute atomic E-state index is 0.0144. The van der Waals surface area contributed by atoms with Crippen molar-refractivity contribution >= 4 is 17.7 Å². The number of likely N-dealkylation sites (tertiary alicyclic amines) is 1. The third-order valence-electron chi connectivity index (χ3n) is 5.68. The zero-order valence-electron chi connectivity index (χ0n) is 15.3. The van der Waals surface area contributed by atoms with Crippen LogP contribution in [0.15, 0.2) is 30.3 Å². The molecule has 0 atom stereocenters. The third-order valence-corrected chi connectivity index (χ3v) is 5.68. The highest BCUT2D eigenvalue weighted by molar-refractivity contribution is 5.95. The molecule has 2 N–H and O–H groups in total. The number of hydrogen-bond donors (Lipinski definition) is 2. The molecule has 1 aromatic carbocycles. The molecule has 3 rings (SSSR count). The molecule has 0 radical (unpaired) electrons. The van der Waals surface area contributed by atoms with E-state index in [0.717, 1.165) is 25.7 Å². The number of amides is 3. The van der Waals surface area contributed by atoms with Gasteiger partial charge in [-0.2, -0.15) is 0 Å². The summed E-state index contributed by atoms with van der Waals surface area (Å²) in [5, 5.41) is 5.73. The van der Waals surface area contributed by atoms with Crippen molar-refractivity contribution in [2.45, 2.75) is 44.1 Å². The van der Waals surface area contributed by atoms with Crippen LogP contribution in [0.5, 0.6) is 0 Å². The molecular formula is C20H27N3O3. The van der Waals surface area contributed by atoms with Crippen molar-refractivity contribution in [1.29, 1.82) is 0 Å². The topological polar surface area (TPSA) is 78.5 Å². The van der Waals surface area contributed by atoms with Crippen molar-refractivity contribution < 1.29 is 14.4 Å². The van der Waals surface area contributed by atoms with Gasteiger partial charge in [0.1, 0.15) is 5.54 Å². The smallest absolute Gasteiger partial charge is 0.253 e. The second kappa shape index (κ2) is 7.89. The van der Waals surface area contributed by atoms with Gasteiger partial charge in [-0.25, -0.2) is 0 Å². The lowest BCUT2D eigenvalue weighted by Gasteiger charge is -2.41. The number of carbonyl (C=O) groups excluding carboxylic acids is 3. The van der Waals surface area contributed by atoms with Gasteiger partial charge >= 0.3 is 0 Å². The molecule has 1 aliphatic carbocycles. The van der Waals surface area contributed by atoms with E-state index < -0.39 is 5.54 Å². The van der Waals surface area contributed by atoms with E-state index in [1.165, 1.54) is 0 Å². The quantitative estimate of drug-likeness (QED) is 0.861. The number of nitrogens with one attached hydrogen (secondary N) is 2. The van der Waals surface area contributed by atoms with Crippen molar-refractivity contribution in [3.8, 4) is 0 Å². The van der Waals surface area contributed by atoms with Gasteiger partial charge < -0.3 is 15.5 Å². The number of rotatable bonds is 4. The Morgan fingerprint density at radius 2 is 1.65 bits per heavy atom. The largest absolute Gasteiger partial charge is 0.357 e. The molecule has 1 saturated carbocycles. The van der Waals surface area contributed by atoms with E-state index in [4.69, 9.17) is 0 Å². The predicted octanol–water partition coefficient (Wildman–Crippen LogP) is 1.71. The summed E-state index contributed by atoms with van der Waals surface area (Å²) in [4.78, 5) is 39.5. The van der Waals surface area contributed by atoms with Gasteiger partial charge in [-0.1, -0.05) is 31.0 Å². The van der Waals surface area contributed by atoms with Crippen LogP contribution in [0.4, 0.5) is 0 Å². The molecule has 3 amide bonds. The summed E-state index contributed by atoms with van der Waals surface area (Å²) < 4.78 is 0. The second-order valence-electron chi connectivity index (χ2n) is 7.29. The summed E-state index contributed by atoms with van der Waals surface area (Å²) in [5.41, 5.74) is -0.267. The Balaban J connectivity index is 1.68.